The van der Waals surface area contributed by atoms with Gasteiger partial charge in [0.2, 0.25) is 5.96 Å². The van der Waals surface area contributed by atoms with Gasteiger partial charge in [0.25, 0.3) is 0 Å². The zero-order chi connectivity index (χ0) is 17.1. The highest BCUT2D eigenvalue weighted by Crippen LogP contribution is 2.23. The molecular weight excluding hydrogens is 328 g/mol. The Kier molecular flexibility index (Phi) is 4.57. The molecule has 2 N–H and O–H groups in total. The summed E-state index contributed by atoms with van der Waals surface area (Å²) >= 11 is 5.92. The SMILES string of the molecule is COc1ccc(N2CCN(C(=O)Nc3cccc(Cl)c3)C2=N)cc1. The van der Waals surface area contributed by atoms with E-state index in [4.69, 9.17) is 21.7 Å². The molecule has 0 saturated carbocycles. The normalized spacial score (nSPS) is 14.0. The Hall–Kier alpha value is -2.73. The number of ether oxygens (including phenoxy) is 1. The number of hydrogen-bond donors (Lipinski definition) is 2. The first-order valence-corrected chi connectivity index (χ1v) is 7.80. The average molecular weight is 345 g/mol. The van der Waals surface area contributed by atoms with E-state index in [0.29, 0.717) is 23.8 Å². The molecule has 1 aliphatic rings. The number of methoxy groups -OCH3 is 1. The van der Waals surface area contributed by atoms with E-state index in [0.717, 1.165) is 11.4 Å². The van der Waals surface area contributed by atoms with E-state index in [9.17, 15) is 4.79 Å². The van der Waals surface area contributed by atoms with Crippen molar-refractivity contribution >= 4 is 35.0 Å². The fraction of sp³-hybridized carbons (Fsp3) is 0.176. The van der Waals surface area contributed by atoms with Crippen LogP contribution < -0.4 is 15.0 Å². The molecular formula is C17H17ClN4O2. The summed E-state index contributed by atoms with van der Waals surface area (Å²) in [7, 11) is 1.61. The van der Waals surface area contributed by atoms with Crippen molar-refractivity contribution in [3.8, 4) is 5.75 Å². The van der Waals surface area contributed by atoms with Gasteiger partial charge in [-0.3, -0.25) is 10.3 Å². The second-order valence-electron chi connectivity index (χ2n) is 5.27. The second-order valence-corrected chi connectivity index (χ2v) is 5.70. The molecule has 7 heteroatoms. The van der Waals surface area contributed by atoms with Crippen LogP contribution >= 0.6 is 11.6 Å². The number of amides is 2. The third-order valence-corrected chi connectivity index (χ3v) is 4.00. The summed E-state index contributed by atoms with van der Waals surface area (Å²) in [5.74, 6) is 0.889. The van der Waals surface area contributed by atoms with E-state index in [1.807, 2.05) is 24.3 Å². The number of carbonyl (C=O) groups excluding carboxylic acids is 1. The zero-order valence-corrected chi connectivity index (χ0v) is 13.9. The molecule has 0 aliphatic carbocycles. The van der Waals surface area contributed by atoms with Gasteiger partial charge in [-0.2, -0.15) is 0 Å². The molecule has 0 radical (unpaired) electrons. The van der Waals surface area contributed by atoms with Crippen molar-refractivity contribution in [2.45, 2.75) is 0 Å². The van der Waals surface area contributed by atoms with Gasteiger partial charge in [-0.05, 0) is 42.5 Å². The summed E-state index contributed by atoms with van der Waals surface area (Å²) in [6, 6.07) is 14.0. The van der Waals surface area contributed by atoms with Gasteiger partial charge in [-0.1, -0.05) is 17.7 Å². The number of benzene rings is 2. The van der Waals surface area contributed by atoms with Gasteiger partial charge < -0.3 is 15.0 Å². The molecule has 0 aromatic heterocycles. The summed E-state index contributed by atoms with van der Waals surface area (Å²) in [6.07, 6.45) is 0. The number of nitrogens with one attached hydrogen (secondary N) is 2. The average Bonchev–Trinajstić information content (AvgIpc) is 2.96. The molecule has 2 aromatic rings. The molecule has 124 valence electrons. The van der Waals surface area contributed by atoms with Crippen molar-refractivity contribution in [2.24, 2.45) is 0 Å². The monoisotopic (exact) mass is 344 g/mol. The number of urea groups is 1. The standard InChI is InChI=1S/C17H17ClN4O2/c1-24-15-7-5-14(6-8-15)21-9-10-22(16(21)19)17(23)20-13-4-2-3-12(18)11-13/h2-8,11,19H,9-10H2,1H3,(H,20,23). The van der Waals surface area contributed by atoms with Crippen LogP contribution in [-0.2, 0) is 0 Å². The molecule has 1 fully saturated rings. The molecule has 2 amide bonds. The molecule has 6 nitrogen and oxygen atoms in total. The van der Waals surface area contributed by atoms with E-state index >= 15 is 0 Å². The first kappa shape index (κ1) is 16.1. The van der Waals surface area contributed by atoms with Crippen LogP contribution in [0.5, 0.6) is 5.75 Å². The predicted octanol–water partition coefficient (Wildman–Crippen LogP) is 3.64. The topological polar surface area (TPSA) is 68.7 Å². The molecule has 24 heavy (non-hydrogen) atoms. The van der Waals surface area contributed by atoms with Crippen molar-refractivity contribution in [1.29, 1.82) is 5.41 Å². The maximum atomic E-state index is 12.4. The van der Waals surface area contributed by atoms with E-state index in [-0.39, 0.29) is 12.0 Å². The van der Waals surface area contributed by atoms with Gasteiger partial charge in [-0.25, -0.2) is 4.79 Å². The smallest absolute Gasteiger partial charge is 0.328 e. The Morgan fingerprint density at radius 2 is 1.96 bits per heavy atom. The van der Waals surface area contributed by atoms with Crippen molar-refractivity contribution in [3.63, 3.8) is 0 Å². The lowest BCUT2D eigenvalue weighted by atomic mass is 10.3. The summed E-state index contributed by atoms with van der Waals surface area (Å²) in [5, 5.41) is 11.6. The van der Waals surface area contributed by atoms with Crippen LogP contribution in [0.2, 0.25) is 5.02 Å². The minimum Gasteiger partial charge on any atom is -0.497 e. The van der Waals surface area contributed by atoms with Crippen LogP contribution in [0.25, 0.3) is 0 Å². The largest absolute Gasteiger partial charge is 0.497 e. The Morgan fingerprint density at radius 1 is 1.21 bits per heavy atom. The molecule has 1 aliphatic heterocycles. The van der Waals surface area contributed by atoms with Crippen LogP contribution in [-0.4, -0.2) is 37.1 Å². The summed E-state index contributed by atoms with van der Waals surface area (Å²) in [6.45, 7) is 1.01. The zero-order valence-electron chi connectivity index (χ0n) is 13.1. The number of rotatable bonds is 3. The Balaban J connectivity index is 1.69. The van der Waals surface area contributed by atoms with E-state index in [1.165, 1.54) is 4.90 Å². The predicted molar refractivity (Wildman–Crippen MR) is 95.2 cm³/mol. The number of hydrogen-bond acceptors (Lipinski definition) is 3. The first-order valence-electron chi connectivity index (χ1n) is 7.43. The van der Waals surface area contributed by atoms with E-state index in [2.05, 4.69) is 5.32 Å². The molecule has 0 bridgehead atoms. The summed E-state index contributed by atoms with van der Waals surface area (Å²) < 4.78 is 5.14. The minimum absolute atomic E-state index is 0.139. The van der Waals surface area contributed by atoms with Crippen molar-refractivity contribution < 1.29 is 9.53 Å². The van der Waals surface area contributed by atoms with E-state index in [1.54, 1.807) is 36.3 Å². The Morgan fingerprint density at radius 3 is 2.62 bits per heavy atom. The number of halogens is 1. The third kappa shape index (κ3) is 3.28. The molecule has 0 unspecified atom stereocenters. The van der Waals surface area contributed by atoms with Gasteiger partial charge in [-0.15, -0.1) is 0 Å². The van der Waals surface area contributed by atoms with Crippen molar-refractivity contribution in [1.82, 2.24) is 4.90 Å². The molecule has 2 aromatic carbocycles. The van der Waals surface area contributed by atoms with E-state index < -0.39 is 0 Å². The molecule has 1 saturated heterocycles. The molecule has 1 heterocycles. The molecule has 0 atom stereocenters. The fourth-order valence-corrected chi connectivity index (χ4v) is 2.72. The minimum atomic E-state index is -0.349. The van der Waals surface area contributed by atoms with Crippen LogP contribution in [0.3, 0.4) is 0 Å². The summed E-state index contributed by atoms with van der Waals surface area (Å²) in [5.41, 5.74) is 1.45. The highest BCUT2D eigenvalue weighted by Gasteiger charge is 2.31. The first-order chi connectivity index (χ1) is 11.6. The lowest BCUT2D eigenvalue weighted by Crippen LogP contribution is -2.39. The fourth-order valence-electron chi connectivity index (χ4n) is 2.53. The maximum absolute atomic E-state index is 12.4. The van der Waals surface area contributed by atoms with Gasteiger partial charge in [0.1, 0.15) is 5.75 Å². The maximum Gasteiger partial charge on any atom is 0.328 e. The molecule has 0 spiro atoms. The third-order valence-electron chi connectivity index (χ3n) is 3.76. The Labute approximate surface area is 145 Å². The van der Waals surface area contributed by atoms with Crippen LogP contribution in [0, 0.1) is 5.41 Å². The highest BCUT2D eigenvalue weighted by molar-refractivity contribution is 6.30. The van der Waals surface area contributed by atoms with Gasteiger partial charge in [0.15, 0.2) is 0 Å². The van der Waals surface area contributed by atoms with Crippen LogP contribution in [0.15, 0.2) is 48.5 Å². The van der Waals surface area contributed by atoms with Crippen molar-refractivity contribution in [3.05, 3.63) is 53.6 Å². The number of anilines is 2. The quantitative estimate of drug-likeness (QED) is 0.893. The van der Waals surface area contributed by atoms with Crippen LogP contribution in [0.4, 0.5) is 16.2 Å². The van der Waals surface area contributed by atoms with Gasteiger partial charge in [0, 0.05) is 29.5 Å². The lowest BCUT2D eigenvalue weighted by Gasteiger charge is -2.21. The van der Waals surface area contributed by atoms with Gasteiger partial charge >= 0.3 is 6.03 Å². The Bertz CT molecular complexity index is 763. The second kappa shape index (κ2) is 6.80. The van der Waals surface area contributed by atoms with Gasteiger partial charge in [0.05, 0.1) is 7.11 Å². The van der Waals surface area contributed by atoms with Crippen LogP contribution in [0.1, 0.15) is 0 Å². The number of guanidine groups is 1. The van der Waals surface area contributed by atoms with Crippen molar-refractivity contribution in [2.75, 3.05) is 30.4 Å². The summed E-state index contributed by atoms with van der Waals surface area (Å²) in [4.78, 5) is 15.6. The lowest BCUT2D eigenvalue weighted by molar-refractivity contribution is 0.236. The number of nitrogens with zero attached hydrogens (tertiary/aromatic N) is 2. The molecule has 3 rings (SSSR count). The number of carbonyl (C=O) groups is 1. The highest BCUT2D eigenvalue weighted by atomic mass is 35.5.